The molecule has 0 aliphatic carbocycles. The number of benzene rings is 1. The minimum absolute atomic E-state index is 0.167. The van der Waals surface area contributed by atoms with Gasteiger partial charge in [0.15, 0.2) is 11.5 Å². The number of hydrogen-bond acceptors (Lipinski definition) is 5. The van der Waals surface area contributed by atoms with E-state index in [4.69, 9.17) is 20.5 Å². The molecule has 0 atom stereocenters. The standard InChI is InChI=1S/C10H15NO4/c1-13-8-5-7(3-4-11)6-9(14-2)10(8)15-12/h5-6,12H,3-4,11H2,1-2H3. The quantitative estimate of drug-likeness (QED) is 0.565. The molecule has 5 nitrogen and oxygen atoms in total. The van der Waals surface area contributed by atoms with Crippen LogP contribution in [0.2, 0.25) is 0 Å². The number of hydrogen-bond donors (Lipinski definition) is 2. The zero-order chi connectivity index (χ0) is 11.3. The molecule has 1 aromatic rings. The van der Waals surface area contributed by atoms with Gasteiger partial charge < -0.3 is 20.1 Å². The third kappa shape index (κ3) is 2.51. The third-order valence-corrected chi connectivity index (χ3v) is 2.04. The summed E-state index contributed by atoms with van der Waals surface area (Å²) in [6.07, 6.45) is 0.707. The molecule has 0 bridgehead atoms. The first kappa shape index (κ1) is 11.6. The van der Waals surface area contributed by atoms with Crippen LogP contribution >= 0.6 is 0 Å². The van der Waals surface area contributed by atoms with Gasteiger partial charge in [0.05, 0.1) is 14.2 Å². The summed E-state index contributed by atoms with van der Waals surface area (Å²) in [6.45, 7) is 0.533. The van der Waals surface area contributed by atoms with Gasteiger partial charge in [-0.15, -0.1) is 0 Å². The second-order valence-electron chi connectivity index (χ2n) is 2.96. The Morgan fingerprint density at radius 1 is 1.20 bits per heavy atom. The highest BCUT2D eigenvalue weighted by Crippen LogP contribution is 2.38. The Balaban J connectivity index is 3.16. The minimum Gasteiger partial charge on any atom is -0.493 e. The lowest BCUT2D eigenvalue weighted by molar-refractivity contribution is -0.140. The summed E-state index contributed by atoms with van der Waals surface area (Å²) in [5.41, 5.74) is 6.42. The molecule has 0 aliphatic heterocycles. The van der Waals surface area contributed by atoms with Crippen molar-refractivity contribution >= 4 is 0 Å². The van der Waals surface area contributed by atoms with Crippen molar-refractivity contribution in [2.75, 3.05) is 20.8 Å². The van der Waals surface area contributed by atoms with Gasteiger partial charge in [-0.3, -0.25) is 0 Å². The summed E-state index contributed by atoms with van der Waals surface area (Å²) >= 11 is 0. The highest BCUT2D eigenvalue weighted by molar-refractivity contribution is 5.53. The van der Waals surface area contributed by atoms with Crippen LogP contribution in [0, 0.1) is 0 Å². The van der Waals surface area contributed by atoms with Crippen LogP contribution in [-0.4, -0.2) is 26.0 Å². The molecule has 0 aromatic heterocycles. The Bertz CT molecular complexity index is 302. The Hall–Kier alpha value is -1.46. The largest absolute Gasteiger partial charge is 0.493 e. The lowest BCUT2D eigenvalue weighted by Gasteiger charge is -2.12. The van der Waals surface area contributed by atoms with Crippen LogP contribution in [0.15, 0.2) is 12.1 Å². The van der Waals surface area contributed by atoms with Crippen molar-refractivity contribution in [3.8, 4) is 17.2 Å². The van der Waals surface area contributed by atoms with Gasteiger partial charge in [0.1, 0.15) is 0 Å². The molecule has 0 saturated heterocycles. The fourth-order valence-electron chi connectivity index (χ4n) is 1.34. The van der Waals surface area contributed by atoms with Crippen molar-refractivity contribution in [1.82, 2.24) is 0 Å². The van der Waals surface area contributed by atoms with E-state index in [1.807, 2.05) is 0 Å². The van der Waals surface area contributed by atoms with Crippen molar-refractivity contribution < 1.29 is 19.6 Å². The fraction of sp³-hybridized carbons (Fsp3) is 0.400. The Kier molecular flexibility index (Phi) is 4.20. The maximum Gasteiger partial charge on any atom is 0.248 e. The minimum atomic E-state index is 0.167. The van der Waals surface area contributed by atoms with E-state index in [0.29, 0.717) is 24.5 Å². The molecule has 84 valence electrons. The summed E-state index contributed by atoms with van der Waals surface area (Å²) in [5, 5.41) is 8.70. The molecule has 0 heterocycles. The first-order valence-electron chi connectivity index (χ1n) is 4.53. The Morgan fingerprint density at radius 3 is 2.07 bits per heavy atom. The molecule has 1 rings (SSSR count). The lowest BCUT2D eigenvalue weighted by atomic mass is 10.1. The zero-order valence-corrected chi connectivity index (χ0v) is 8.82. The van der Waals surface area contributed by atoms with E-state index in [2.05, 4.69) is 4.89 Å². The highest BCUT2D eigenvalue weighted by atomic mass is 17.1. The van der Waals surface area contributed by atoms with E-state index in [9.17, 15) is 0 Å². The molecule has 0 unspecified atom stereocenters. The maximum absolute atomic E-state index is 8.70. The average Bonchev–Trinajstić information content (AvgIpc) is 2.28. The van der Waals surface area contributed by atoms with Crippen LogP contribution < -0.4 is 20.1 Å². The predicted octanol–water partition coefficient (Wildman–Crippen LogP) is 1.06. The molecule has 0 fully saturated rings. The summed E-state index contributed by atoms with van der Waals surface area (Å²) in [4.78, 5) is 4.21. The van der Waals surface area contributed by atoms with Gasteiger partial charge in [-0.1, -0.05) is 0 Å². The zero-order valence-electron chi connectivity index (χ0n) is 8.82. The summed E-state index contributed by atoms with van der Waals surface area (Å²) in [5.74, 6) is 1.00. The molecule has 0 amide bonds. The van der Waals surface area contributed by atoms with Crippen molar-refractivity contribution in [3.63, 3.8) is 0 Å². The normalized spacial score (nSPS) is 9.87. The summed E-state index contributed by atoms with van der Waals surface area (Å²) in [7, 11) is 2.98. The third-order valence-electron chi connectivity index (χ3n) is 2.04. The van der Waals surface area contributed by atoms with E-state index in [0.717, 1.165) is 5.56 Å². The van der Waals surface area contributed by atoms with E-state index < -0.39 is 0 Å². The van der Waals surface area contributed by atoms with Crippen LogP contribution in [0.1, 0.15) is 5.56 Å². The fourth-order valence-corrected chi connectivity index (χ4v) is 1.34. The van der Waals surface area contributed by atoms with Gasteiger partial charge in [-0.25, -0.2) is 5.26 Å². The van der Waals surface area contributed by atoms with Crippen molar-refractivity contribution in [2.45, 2.75) is 6.42 Å². The number of rotatable bonds is 5. The Morgan fingerprint density at radius 2 is 1.73 bits per heavy atom. The van der Waals surface area contributed by atoms with E-state index in [1.54, 1.807) is 12.1 Å². The van der Waals surface area contributed by atoms with E-state index in [1.165, 1.54) is 14.2 Å². The van der Waals surface area contributed by atoms with Gasteiger partial charge in [0.25, 0.3) is 0 Å². The average molecular weight is 213 g/mol. The smallest absolute Gasteiger partial charge is 0.248 e. The second kappa shape index (κ2) is 5.43. The van der Waals surface area contributed by atoms with Gasteiger partial charge in [0, 0.05) is 0 Å². The molecule has 1 aromatic carbocycles. The number of methoxy groups -OCH3 is 2. The van der Waals surface area contributed by atoms with Crippen LogP contribution in [-0.2, 0) is 6.42 Å². The lowest BCUT2D eigenvalue weighted by Crippen LogP contribution is -2.04. The second-order valence-corrected chi connectivity index (χ2v) is 2.96. The van der Waals surface area contributed by atoms with Crippen LogP contribution in [0.3, 0.4) is 0 Å². The van der Waals surface area contributed by atoms with Gasteiger partial charge in [0.2, 0.25) is 5.75 Å². The maximum atomic E-state index is 8.70. The van der Waals surface area contributed by atoms with Gasteiger partial charge >= 0.3 is 0 Å². The predicted molar refractivity (Wildman–Crippen MR) is 55.6 cm³/mol. The van der Waals surface area contributed by atoms with E-state index in [-0.39, 0.29) is 5.75 Å². The monoisotopic (exact) mass is 213 g/mol. The van der Waals surface area contributed by atoms with Crippen LogP contribution in [0.5, 0.6) is 17.2 Å². The molecule has 0 spiro atoms. The SMILES string of the molecule is COc1cc(CCN)cc(OC)c1OO. The van der Waals surface area contributed by atoms with Crippen molar-refractivity contribution in [3.05, 3.63) is 17.7 Å². The van der Waals surface area contributed by atoms with Crippen LogP contribution in [0.4, 0.5) is 0 Å². The molecule has 0 saturated carbocycles. The van der Waals surface area contributed by atoms with Gasteiger partial charge in [-0.05, 0) is 30.7 Å². The van der Waals surface area contributed by atoms with Crippen molar-refractivity contribution in [1.29, 1.82) is 0 Å². The molecule has 0 radical (unpaired) electrons. The topological polar surface area (TPSA) is 73.9 Å². The van der Waals surface area contributed by atoms with Crippen LogP contribution in [0.25, 0.3) is 0 Å². The number of ether oxygens (including phenoxy) is 2. The highest BCUT2D eigenvalue weighted by Gasteiger charge is 2.13. The summed E-state index contributed by atoms with van der Waals surface area (Å²) < 4.78 is 10.1. The Labute approximate surface area is 88.3 Å². The van der Waals surface area contributed by atoms with E-state index >= 15 is 0 Å². The molecule has 15 heavy (non-hydrogen) atoms. The first-order valence-corrected chi connectivity index (χ1v) is 4.53. The molecule has 3 N–H and O–H groups in total. The molecule has 5 heteroatoms. The molecular formula is C10H15NO4. The molecular weight excluding hydrogens is 198 g/mol. The first-order chi connectivity index (χ1) is 7.26. The number of nitrogens with two attached hydrogens (primary N) is 1. The van der Waals surface area contributed by atoms with Crippen molar-refractivity contribution in [2.24, 2.45) is 5.73 Å². The summed E-state index contributed by atoms with van der Waals surface area (Å²) in [6, 6.07) is 3.50. The molecule has 0 aliphatic rings. The van der Waals surface area contributed by atoms with Gasteiger partial charge in [-0.2, -0.15) is 0 Å².